The maximum Gasteiger partial charge on any atom is 0.410 e. The number of halogens is 1. The molecule has 0 aliphatic carbocycles. The van der Waals surface area contributed by atoms with Gasteiger partial charge in [0.25, 0.3) is 0 Å². The highest BCUT2D eigenvalue weighted by Gasteiger charge is 2.29. The molecule has 4 rings (SSSR count). The molecule has 26 heavy (non-hydrogen) atoms. The van der Waals surface area contributed by atoms with Gasteiger partial charge in [-0.3, -0.25) is 4.90 Å². The van der Waals surface area contributed by atoms with E-state index < -0.39 is 0 Å². The van der Waals surface area contributed by atoms with Crippen LogP contribution in [0.4, 0.5) is 4.79 Å². The van der Waals surface area contributed by atoms with Crippen molar-refractivity contribution in [3.8, 4) is 11.4 Å². The summed E-state index contributed by atoms with van der Waals surface area (Å²) in [5.41, 5.74) is 3.38. The van der Waals surface area contributed by atoms with Crippen LogP contribution in [0.2, 0.25) is 5.15 Å². The first kappa shape index (κ1) is 16.5. The molecule has 2 aromatic carbocycles. The average molecular weight is 366 g/mol. The third-order valence-corrected chi connectivity index (χ3v) is 4.54. The number of aromatic nitrogens is 2. The Morgan fingerprint density at radius 2 is 1.69 bits per heavy atom. The quantitative estimate of drug-likeness (QED) is 0.643. The van der Waals surface area contributed by atoms with Gasteiger partial charge in [0.15, 0.2) is 5.82 Å². The molecule has 0 radical (unpaired) electrons. The summed E-state index contributed by atoms with van der Waals surface area (Å²) < 4.78 is 5.39. The van der Waals surface area contributed by atoms with Gasteiger partial charge in [-0.25, -0.2) is 14.8 Å². The lowest BCUT2D eigenvalue weighted by molar-refractivity contribution is 0.0953. The number of nitrogens with zero attached hydrogens (tertiary/aromatic N) is 3. The van der Waals surface area contributed by atoms with E-state index in [9.17, 15) is 4.79 Å². The van der Waals surface area contributed by atoms with Crippen molar-refractivity contribution in [3.05, 3.63) is 82.6 Å². The van der Waals surface area contributed by atoms with Crippen molar-refractivity contribution in [3.63, 3.8) is 0 Å². The predicted molar refractivity (Wildman–Crippen MR) is 98.4 cm³/mol. The maximum atomic E-state index is 12.4. The van der Waals surface area contributed by atoms with Gasteiger partial charge >= 0.3 is 6.09 Å². The average Bonchev–Trinajstić information content (AvgIpc) is 3.12. The Balaban J connectivity index is 1.48. The Morgan fingerprint density at radius 3 is 2.42 bits per heavy atom. The Bertz CT molecular complexity index is 933. The van der Waals surface area contributed by atoms with Crippen LogP contribution in [0.5, 0.6) is 0 Å². The molecule has 0 bridgehead atoms. The van der Waals surface area contributed by atoms with Gasteiger partial charge in [0.05, 0.1) is 18.8 Å². The molecule has 0 saturated heterocycles. The summed E-state index contributed by atoms with van der Waals surface area (Å²) in [5.74, 6) is 0.564. The fraction of sp³-hybridized carbons (Fsp3) is 0.150. The summed E-state index contributed by atoms with van der Waals surface area (Å²) in [6.45, 7) is 0.961. The van der Waals surface area contributed by atoms with Crippen LogP contribution < -0.4 is 0 Å². The largest absolute Gasteiger partial charge is 0.445 e. The van der Waals surface area contributed by atoms with E-state index in [0.717, 1.165) is 22.4 Å². The molecular formula is C20H16ClN3O2. The van der Waals surface area contributed by atoms with Crippen molar-refractivity contribution in [2.24, 2.45) is 0 Å². The molecule has 0 saturated carbocycles. The van der Waals surface area contributed by atoms with Crippen LogP contribution >= 0.6 is 11.6 Å². The van der Waals surface area contributed by atoms with E-state index in [0.29, 0.717) is 24.1 Å². The van der Waals surface area contributed by atoms with Crippen LogP contribution in [0.15, 0.2) is 60.7 Å². The molecule has 1 amide bonds. The van der Waals surface area contributed by atoms with Gasteiger partial charge in [-0.2, -0.15) is 0 Å². The monoisotopic (exact) mass is 365 g/mol. The maximum absolute atomic E-state index is 12.4. The Labute approximate surface area is 156 Å². The van der Waals surface area contributed by atoms with Crippen molar-refractivity contribution in [1.82, 2.24) is 14.9 Å². The summed E-state index contributed by atoms with van der Waals surface area (Å²) in [4.78, 5) is 22.9. The zero-order valence-corrected chi connectivity index (χ0v) is 14.7. The number of hydrogen-bond donors (Lipinski definition) is 0. The van der Waals surface area contributed by atoms with Gasteiger partial charge < -0.3 is 4.74 Å². The van der Waals surface area contributed by atoms with Gasteiger partial charge in [0, 0.05) is 11.1 Å². The minimum atomic E-state index is -0.385. The fourth-order valence-electron chi connectivity index (χ4n) is 2.87. The highest BCUT2D eigenvalue weighted by Crippen LogP contribution is 2.29. The summed E-state index contributed by atoms with van der Waals surface area (Å²) in [7, 11) is 0. The van der Waals surface area contributed by atoms with E-state index in [1.807, 2.05) is 60.7 Å². The predicted octanol–water partition coefficient (Wildman–Crippen LogP) is 4.45. The van der Waals surface area contributed by atoms with Crippen molar-refractivity contribution >= 4 is 17.7 Å². The van der Waals surface area contributed by atoms with Crippen LogP contribution in [-0.2, 0) is 24.4 Å². The smallest absolute Gasteiger partial charge is 0.410 e. The SMILES string of the molecule is O=C(OCc1ccccc1)N1Cc2nc(-c3ccccc3)nc(Cl)c2C1. The normalized spacial score (nSPS) is 12.7. The second-order valence-electron chi connectivity index (χ2n) is 6.03. The van der Waals surface area contributed by atoms with Gasteiger partial charge in [0.2, 0.25) is 0 Å². The van der Waals surface area contributed by atoms with Crippen LogP contribution in [0, 0.1) is 0 Å². The molecule has 0 unspecified atom stereocenters. The summed E-state index contributed by atoms with van der Waals surface area (Å²) >= 11 is 6.34. The molecule has 1 aromatic heterocycles. The Hall–Kier alpha value is -2.92. The highest BCUT2D eigenvalue weighted by atomic mass is 35.5. The number of benzene rings is 2. The zero-order chi connectivity index (χ0) is 17.9. The number of fused-ring (bicyclic) bond motifs is 1. The molecule has 3 aromatic rings. The van der Waals surface area contributed by atoms with E-state index in [1.54, 1.807) is 4.90 Å². The molecule has 0 fully saturated rings. The summed E-state index contributed by atoms with van der Waals surface area (Å²) in [5, 5.41) is 0.382. The first-order valence-corrected chi connectivity index (χ1v) is 8.65. The number of carbonyl (C=O) groups is 1. The molecule has 1 aliphatic rings. The number of hydrogen-bond acceptors (Lipinski definition) is 4. The van der Waals surface area contributed by atoms with Crippen molar-refractivity contribution in [1.29, 1.82) is 0 Å². The van der Waals surface area contributed by atoms with E-state index in [1.165, 1.54) is 0 Å². The van der Waals surface area contributed by atoms with Crippen LogP contribution in [0.1, 0.15) is 16.8 Å². The van der Waals surface area contributed by atoms with E-state index in [2.05, 4.69) is 9.97 Å². The van der Waals surface area contributed by atoms with Gasteiger partial charge in [-0.1, -0.05) is 72.3 Å². The minimum Gasteiger partial charge on any atom is -0.445 e. The molecule has 0 spiro atoms. The van der Waals surface area contributed by atoms with E-state index in [4.69, 9.17) is 16.3 Å². The lowest BCUT2D eigenvalue weighted by Crippen LogP contribution is -2.26. The molecule has 0 N–H and O–H groups in total. The zero-order valence-electron chi connectivity index (χ0n) is 13.9. The van der Waals surface area contributed by atoms with E-state index in [-0.39, 0.29) is 12.7 Å². The van der Waals surface area contributed by atoms with Crippen molar-refractivity contribution in [2.45, 2.75) is 19.7 Å². The second kappa shape index (κ2) is 7.14. The van der Waals surface area contributed by atoms with Crippen molar-refractivity contribution in [2.75, 3.05) is 0 Å². The molecular weight excluding hydrogens is 350 g/mol. The Morgan fingerprint density at radius 1 is 1.00 bits per heavy atom. The number of amides is 1. The fourth-order valence-corrected chi connectivity index (χ4v) is 3.12. The molecule has 130 valence electrons. The van der Waals surface area contributed by atoms with E-state index >= 15 is 0 Å². The van der Waals surface area contributed by atoms with Gasteiger partial charge in [-0.05, 0) is 5.56 Å². The third kappa shape index (κ3) is 3.39. The standard InChI is InChI=1S/C20H16ClN3O2/c21-18-16-11-24(20(25)26-13-14-7-3-1-4-8-14)12-17(16)22-19(23-18)15-9-5-2-6-10-15/h1-10H,11-13H2. The highest BCUT2D eigenvalue weighted by molar-refractivity contribution is 6.30. The first-order chi connectivity index (χ1) is 12.7. The van der Waals surface area contributed by atoms with Crippen molar-refractivity contribution < 1.29 is 9.53 Å². The number of ether oxygens (including phenoxy) is 1. The second-order valence-corrected chi connectivity index (χ2v) is 6.38. The molecule has 2 heterocycles. The molecule has 6 heteroatoms. The molecule has 1 aliphatic heterocycles. The third-order valence-electron chi connectivity index (χ3n) is 4.23. The topological polar surface area (TPSA) is 55.3 Å². The molecule has 0 atom stereocenters. The minimum absolute atomic E-state index is 0.237. The summed E-state index contributed by atoms with van der Waals surface area (Å²) in [6, 6.07) is 19.2. The molecule has 5 nitrogen and oxygen atoms in total. The first-order valence-electron chi connectivity index (χ1n) is 8.27. The van der Waals surface area contributed by atoms with Gasteiger partial charge in [0.1, 0.15) is 11.8 Å². The lowest BCUT2D eigenvalue weighted by Gasteiger charge is -2.15. The summed E-state index contributed by atoms with van der Waals surface area (Å²) in [6.07, 6.45) is -0.385. The Kier molecular flexibility index (Phi) is 4.54. The van der Waals surface area contributed by atoms with Crippen LogP contribution in [0.25, 0.3) is 11.4 Å². The van der Waals surface area contributed by atoms with Gasteiger partial charge in [-0.15, -0.1) is 0 Å². The lowest BCUT2D eigenvalue weighted by atomic mass is 10.2. The van der Waals surface area contributed by atoms with Crippen LogP contribution in [-0.4, -0.2) is 21.0 Å². The van der Waals surface area contributed by atoms with Crippen LogP contribution in [0.3, 0.4) is 0 Å². The number of rotatable bonds is 3. The number of carbonyl (C=O) groups excluding carboxylic acids is 1.